The number of anilines is 1. The van der Waals surface area contributed by atoms with Gasteiger partial charge in [0, 0.05) is 32.1 Å². The fourth-order valence-corrected chi connectivity index (χ4v) is 2.52. The van der Waals surface area contributed by atoms with Crippen molar-refractivity contribution < 1.29 is 13.5 Å². The minimum atomic E-state index is -0.873. The highest BCUT2D eigenvalue weighted by molar-refractivity contribution is 5.61. The summed E-state index contributed by atoms with van der Waals surface area (Å²) in [6.45, 7) is 2.94. The minimum absolute atomic E-state index is 0.0643. The number of hydrogen-bond donors (Lipinski definition) is 1. The van der Waals surface area contributed by atoms with E-state index < -0.39 is 11.6 Å². The van der Waals surface area contributed by atoms with E-state index in [-0.39, 0.29) is 5.75 Å². The molecule has 2 heterocycles. The fraction of sp³-hybridized carbons (Fsp3) is 0.500. The number of fused-ring (bicyclic) bond motifs is 3. The Hall–Kier alpha value is -1.36. The number of benzene rings is 1. The average Bonchev–Trinajstić information content (AvgIpc) is 2.54. The Labute approximate surface area is 98.4 Å². The summed E-state index contributed by atoms with van der Waals surface area (Å²) in [4.78, 5) is 2.11. The summed E-state index contributed by atoms with van der Waals surface area (Å²) in [5, 5.41) is 3.30. The predicted octanol–water partition coefficient (Wildman–Crippen LogP) is 1.53. The van der Waals surface area contributed by atoms with Crippen LogP contribution >= 0.6 is 0 Å². The van der Waals surface area contributed by atoms with Crippen molar-refractivity contribution in [1.29, 1.82) is 0 Å². The number of nitrogens with one attached hydrogen (secondary N) is 1. The van der Waals surface area contributed by atoms with Gasteiger partial charge in [0.25, 0.3) is 0 Å². The number of halogens is 2. The Balaban J connectivity index is 2.06. The van der Waals surface area contributed by atoms with Crippen molar-refractivity contribution in [2.24, 2.45) is 0 Å². The first-order chi connectivity index (χ1) is 8.27. The monoisotopic (exact) mass is 240 g/mol. The van der Waals surface area contributed by atoms with E-state index in [1.807, 2.05) is 0 Å². The zero-order valence-corrected chi connectivity index (χ0v) is 9.38. The molecule has 0 amide bonds. The molecule has 17 heavy (non-hydrogen) atoms. The summed E-state index contributed by atoms with van der Waals surface area (Å²) in [5.74, 6) is -1.66. The first kappa shape index (κ1) is 10.8. The predicted molar refractivity (Wildman–Crippen MR) is 60.5 cm³/mol. The molecule has 3 nitrogen and oxygen atoms in total. The van der Waals surface area contributed by atoms with Gasteiger partial charge in [-0.15, -0.1) is 0 Å². The van der Waals surface area contributed by atoms with E-state index in [2.05, 4.69) is 10.2 Å². The SMILES string of the molecule is Fc1ccc2c(c1F)OCC[C@H]1CNCCN21. The van der Waals surface area contributed by atoms with Gasteiger partial charge >= 0.3 is 0 Å². The molecule has 0 radical (unpaired) electrons. The molecule has 1 aromatic carbocycles. The van der Waals surface area contributed by atoms with Crippen LogP contribution in [0.4, 0.5) is 14.5 Å². The van der Waals surface area contributed by atoms with Gasteiger partial charge in [0.05, 0.1) is 12.3 Å². The first-order valence-electron chi connectivity index (χ1n) is 5.85. The second-order valence-electron chi connectivity index (χ2n) is 4.40. The van der Waals surface area contributed by atoms with Gasteiger partial charge in [-0.05, 0) is 12.1 Å². The number of ether oxygens (including phenoxy) is 1. The molecule has 5 heteroatoms. The standard InChI is InChI=1S/C12H14F2N2O/c13-9-1-2-10-12(11(9)14)17-6-3-8-7-15-4-5-16(8)10/h1-2,8,15H,3-7H2/t8-/m0/s1. The van der Waals surface area contributed by atoms with Gasteiger partial charge in [-0.2, -0.15) is 4.39 Å². The molecule has 1 aromatic rings. The van der Waals surface area contributed by atoms with Crippen molar-refractivity contribution in [3.8, 4) is 5.75 Å². The van der Waals surface area contributed by atoms with Gasteiger partial charge in [-0.25, -0.2) is 4.39 Å². The summed E-state index contributed by atoms with van der Waals surface area (Å²) in [5.41, 5.74) is 0.674. The van der Waals surface area contributed by atoms with Crippen molar-refractivity contribution in [1.82, 2.24) is 5.32 Å². The van der Waals surface area contributed by atoms with E-state index in [1.165, 1.54) is 6.07 Å². The van der Waals surface area contributed by atoms with Gasteiger partial charge in [0.1, 0.15) is 0 Å². The van der Waals surface area contributed by atoms with Crippen LogP contribution in [0.25, 0.3) is 0 Å². The molecule has 2 aliphatic rings. The van der Waals surface area contributed by atoms with Crippen LogP contribution in [0.15, 0.2) is 12.1 Å². The molecule has 1 fully saturated rings. The highest BCUT2D eigenvalue weighted by atomic mass is 19.2. The summed E-state index contributed by atoms with van der Waals surface area (Å²) in [6.07, 6.45) is 0.822. The van der Waals surface area contributed by atoms with Gasteiger partial charge < -0.3 is 15.0 Å². The molecule has 1 saturated heterocycles. The van der Waals surface area contributed by atoms with E-state index in [0.29, 0.717) is 18.3 Å². The first-order valence-corrected chi connectivity index (χ1v) is 5.85. The molecular weight excluding hydrogens is 226 g/mol. The molecule has 0 spiro atoms. The Morgan fingerprint density at radius 1 is 1.35 bits per heavy atom. The summed E-state index contributed by atoms with van der Waals surface area (Å²) in [7, 11) is 0. The van der Waals surface area contributed by atoms with Crippen molar-refractivity contribution >= 4 is 5.69 Å². The number of hydrogen-bond acceptors (Lipinski definition) is 3. The maximum absolute atomic E-state index is 13.7. The molecule has 0 aliphatic carbocycles. The van der Waals surface area contributed by atoms with Crippen LogP contribution in [0.2, 0.25) is 0 Å². The van der Waals surface area contributed by atoms with Crippen molar-refractivity contribution in [3.05, 3.63) is 23.8 Å². The van der Waals surface area contributed by atoms with Crippen LogP contribution in [-0.2, 0) is 0 Å². The second-order valence-corrected chi connectivity index (χ2v) is 4.40. The lowest BCUT2D eigenvalue weighted by molar-refractivity contribution is 0.287. The highest BCUT2D eigenvalue weighted by Crippen LogP contribution is 2.36. The van der Waals surface area contributed by atoms with Crippen LogP contribution in [0.3, 0.4) is 0 Å². The van der Waals surface area contributed by atoms with E-state index in [0.717, 1.165) is 26.1 Å². The normalized spacial score (nSPS) is 23.4. The summed E-state index contributed by atoms with van der Waals surface area (Å²) >= 11 is 0. The number of rotatable bonds is 0. The van der Waals surface area contributed by atoms with Crippen LogP contribution in [0.5, 0.6) is 5.75 Å². The Kier molecular flexibility index (Phi) is 2.63. The van der Waals surface area contributed by atoms with E-state index in [9.17, 15) is 8.78 Å². The van der Waals surface area contributed by atoms with Crippen LogP contribution in [0, 0.1) is 11.6 Å². The lowest BCUT2D eigenvalue weighted by Crippen LogP contribution is -2.51. The summed E-state index contributed by atoms with van der Waals surface area (Å²) < 4.78 is 32.2. The Bertz CT molecular complexity index is 439. The topological polar surface area (TPSA) is 24.5 Å². The van der Waals surface area contributed by atoms with Crippen molar-refractivity contribution in [3.63, 3.8) is 0 Å². The largest absolute Gasteiger partial charge is 0.488 e. The Morgan fingerprint density at radius 2 is 2.24 bits per heavy atom. The molecule has 2 aliphatic heterocycles. The third kappa shape index (κ3) is 1.74. The van der Waals surface area contributed by atoms with Crippen LogP contribution < -0.4 is 15.0 Å². The van der Waals surface area contributed by atoms with E-state index >= 15 is 0 Å². The second kappa shape index (κ2) is 4.14. The van der Waals surface area contributed by atoms with E-state index in [4.69, 9.17) is 4.74 Å². The molecule has 0 unspecified atom stereocenters. The highest BCUT2D eigenvalue weighted by Gasteiger charge is 2.29. The molecule has 92 valence electrons. The van der Waals surface area contributed by atoms with Gasteiger partial charge in [0.15, 0.2) is 11.6 Å². The molecule has 0 saturated carbocycles. The smallest absolute Gasteiger partial charge is 0.202 e. The molecule has 0 bridgehead atoms. The zero-order chi connectivity index (χ0) is 11.8. The number of piperazine rings is 1. The van der Waals surface area contributed by atoms with Crippen LogP contribution in [-0.4, -0.2) is 32.3 Å². The summed E-state index contributed by atoms with van der Waals surface area (Å²) in [6, 6.07) is 3.08. The van der Waals surface area contributed by atoms with Gasteiger partial charge in [-0.1, -0.05) is 0 Å². The minimum Gasteiger partial charge on any atom is -0.488 e. The lowest BCUT2D eigenvalue weighted by Gasteiger charge is -2.36. The zero-order valence-electron chi connectivity index (χ0n) is 9.38. The van der Waals surface area contributed by atoms with Crippen molar-refractivity contribution in [2.75, 3.05) is 31.1 Å². The molecular formula is C12H14F2N2O. The lowest BCUT2D eigenvalue weighted by atomic mass is 10.1. The Morgan fingerprint density at radius 3 is 3.12 bits per heavy atom. The average molecular weight is 240 g/mol. The fourth-order valence-electron chi connectivity index (χ4n) is 2.52. The maximum Gasteiger partial charge on any atom is 0.202 e. The van der Waals surface area contributed by atoms with Gasteiger partial charge in [0.2, 0.25) is 5.82 Å². The number of nitrogens with zero attached hydrogens (tertiary/aromatic N) is 1. The van der Waals surface area contributed by atoms with Crippen LogP contribution in [0.1, 0.15) is 6.42 Å². The van der Waals surface area contributed by atoms with E-state index in [1.54, 1.807) is 6.07 Å². The maximum atomic E-state index is 13.7. The molecule has 3 rings (SSSR count). The molecule has 0 aromatic heterocycles. The molecule has 1 N–H and O–H groups in total. The third-order valence-electron chi connectivity index (χ3n) is 3.39. The third-order valence-corrected chi connectivity index (χ3v) is 3.39. The molecule has 1 atom stereocenters. The quantitative estimate of drug-likeness (QED) is 0.744. The van der Waals surface area contributed by atoms with Crippen molar-refractivity contribution in [2.45, 2.75) is 12.5 Å². The van der Waals surface area contributed by atoms with Gasteiger partial charge in [-0.3, -0.25) is 0 Å².